The zero-order chi connectivity index (χ0) is 28.0. The van der Waals surface area contributed by atoms with Crippen LogP contribution in [0, 0.1) is 25.7 Å². The molecule has 40 heavy (non-hydrogen) atoms. The Morgan fingerprint density at radius 1 is 1.02 bits per heavy atom. The maximum atomic E-state index is 14.8. The van der Waals surface area contributed by atoms with Crippen molar-refractivity contribution in [1.82, 2.24) is 4.90 Å². The van der Waals surface area contributed by atoms with E-state index < -0.39 is 34.6 Å². The van der Waals surface area contributed by atoms with E-state index in [0.717, 1.165) is 22.4 Å². The third kappa shape index (κ3) is 4.20. The summed E-state index contributed by atoms with van der Waals surface area (Å²) in [7, 11) is 0. The van der Waals surface area contributed by atoms with Crippen LogP contribution in [0.15, 0.2) is 72.8 Å². The number of esters is 1. The Morgan fingerprint density at radius 3 is 2.50 bits per heavy atom. The normalized spacial score (nSPS) is 30.2. The molecule has 0 bridgehead atoms. The molecule has 208 valence electrons. The van der Waals surface area contributed by atoms with Crippen LogP contribution in [0.5, 0.6) is 0 Å². The maximum absolute atomic E-state index is 14.8. The van der Waals surface area contributed by atoms with E-state index in [1.807, 2.05) is 86.7 Å². The molecule has 2 amide bonds. The smallest absolute Gasteiger partial charge is 0.311 e. The summed E-state index contributed by atoms with van der Waals surface area (Å²) in [4.78, 5) is 46.1. The molecule has 1 N–H and O–H groups in total. The quantitative estimate of drug-likeness (QED) is 0.446. The summed E-state index contributed by atoms with van der Waals surface area (Å²) < 4.78 is 4.62. The number of carbonyl (C=O) groups is 3. The van der Waals surface area contributed by atoms with Gasteiger partial charge in [-0.25, -0.2) is 0 Å². The SMILES string of the molecule is Cc1cccc(C)c1N1CC=C[C@]23S[C@H]4C=CCCOC(=O)[C@H]4[C@H]2C(=O)N([C@@H](CO)Cc2ccccc2)C3C1=O. The van der Waals surface area contributed by atoms with Crippen LogP contribution in [0.4, 0.5) is 5.69 Å². The largest absolute Gasteiger partial charge is 0.465 e. The van der Waals surface area contributed by atoms with Crippen LogP contribution in [-0.2, 0) is 25.5 Å². The average molecular weight is 559 g/mol. The van der Waals surface area contributed by atoms with E-state index in [2.05, 4.69) is 0 Å². The Morgan fingerprint density at radius 2 is 1.77 bits per heavy atom. The zero-order valence-electron chi connectivity index (χ0n) is 22.7. The van der Waals surface area contributed by atoms with Crippen LogP contribution in [0.1, 0.15) is 23.1 Å². The number of aliphatic hydroxyl groups is 1. The van der Waals surface area contributed by atoms with Crippen LogP contribution in [0.2, 0.25) is 0 Å². The lowest BCUT2D eigenvalue weighted by Gasteiger charge is -2.39. The Hall–Kier alpha value is -3.36. The number of likely N-dealkylation sites (tertiary alicyclic amines) is 1. The van der Waals surface area contributed by atoms with Gasteiger partial charge in [0.25, 0.3) is 5.91 Å². The number of rotatable bonds is 5. The molecule has 4 aliphatic heterocycles. The van der Waals surface area contributed by atoms with Gasteiger partial charge in [0.2, 0.25) is 5.91 Å². The number of aryl methyl sites for hydroxylation is 2. The number of para-hydroxylation sites is 1. The van der Waals surface area contributed by atoms with Crippen molar-refractivity contribution in [2.45, 2.75) is 48.8 Å². The first-order valence-electron chi connectivity index (χ1n) is 13.9. The monoisotopic (exact) mass is 558 g/mol. The average Bonchev–Trinajstić information content (AvgIpc) is 3.32. The highest BCUT2D eigenvalue weighted by Crippen LogP contribution is 2.61. The fourth-order valence-corrected chi connectivity index (χ4v) is 9.00. The van der Waals surface area contributed by atoms with Gasteiger partial charge in [0.1, 0.15) is 6.04 Å². The molecule has 8 heteroatoms. The molecule has 7 nitrogen and oxygen atoms in total. The highest BCUT2D eigenvalue weighted by atomic mass is 32.2. The predicted octanol–water partition coefficient (Wildman–Crippen LogP) is 3.61. The minimum atomic E-state index is -0.966. The number of ether oxygens (including phenoxy) is 1. The van der Waals surface area contributed by atoms with Crippen molar-refractivity contribution in [2.75, 3.05) is 24.7 Å². The number of anilines is 1. The minimum absolute atomic E-state index is 0.191. The van der Waals surface area contributed by atoms with Gasteiger partial charge < -0.3 is 19.6 Å². The summed E-state index contributed by atoms with van der Waals surface area (Å²) in [5, 5.41) is 10.4. The van der Waals surface area contributed by atoms with Gasteiger partial charge >= 0.3 is 5.97 Å². The molecule has 2 saturated heterocycles. The first kappa shape index (κ1) is 26.8. The number of aliphatic hydroxyl groups excluding tert-OH is 1. The maximum Gasteiger partial charge on any atom is 0.311 e. The summed E-state index contributed by atoms with van der Waals surface area (Å²) in [6, 6.07) is 14.1. The summed E-state index contributed by atoms with van der Waals surface area (Å²) in [5.41, 5.74) is 3.74. The van der Waals surface area contributed by atoms with Crippen LogP contribution in [0.3, 0.4) is 0 Å². The second-order valence-corrected chi connectivity index (χ2v) is 12.6. The summed E-state index contributed by atoms with van der Waals surface area (Å²) in [6.45, 7) is 4.30. The van der Waals surface area contributed by atoms with Gasteiger partial charge in [-0.1, -0.05) is 72.8 Å². The highest BCUT2D eigenvalue weighted by Gasteiger charge is 2.71. The lowest BCUT2D eigenvalue weighted by molar-refractivity contribution is -0.153. The number of hydrogen-bond donors (Lipinski definition) is 1. The molecule has 2 fully saturated rings. The van der Waals surface area contributed by atoms with Gasteiger partial charge in [-0.2, -0.15) is 0 Å². The van der Waals surface area contributed by atoms with Crippen LogP contribution >= 0.6 is 11.8 Å². The zero-order valence-corrected chi connectivity index (χ0v) is 23.5. The minimum Gasteiger partial charge on any atom is -0.465 e. The third-order valence-corrected chi connectivity index (χ3v) is 10.4. The van der Waals surface area contributed by atoms with Gasteiger partial charge in [0, 0.05) is 17.5 Å². The van der Waals surface area contributed by atoms with Crippen molar-refractivity contribution in [3.05, 3.63) is 89.5 Å². The predicted molar refractivity (Wildman–Crippen MR) is 155 cm³/mol. The molecule has 6 rings (SSSR count). The number of benzene rings is 2. The summed E-state index contributed by atoms with van der Waals surface area (Å²) >= 11 is 1.52. The van der Waals surface area contributed by atoms with Crippen LogP contribution in [-0.4, -0.2) is 69.6 Å². The van der Waals surface area contributed by atoms with E-state index >= 15 is 0 Å². The Balaban J connectivity index is 1.50. The van der Waals surface area contributed by atoms with E-state index in [1.54, 1.807) is 9.80 Å². The molecule has 0 saturated carbocycles. The first-order valence-corrected chi connectivity index (χ1v) is 14.8. The second-order valence-electron chi connectivity index (χ2n) is 11.1. The number of nitrogens with zero attached hydrogens (tertiary/aromatic N) is 2. The van der Waals surface area contributed by atoms with E-state index in [9.17, 15) is 19.5 Å². The molecular weight excluding hydrogens is 524 g/mol. The van der Waals surface area contributed by atoms with Gasteiger partial charge in [-0.15, -0.1) is 11.8 Å². The summed E-state index contributed by atoms with van der Waals surface area (Å²) in [6.07, 6.45) is 9.00. The first-order chi connectivity index (χ1) is 19.4. The Bertz CT molecular complexity index is 1370. The number of fused-ring (bicyclic) bond motifs is 2. The number of amides is 2. The molecule has 0 aromatic heterocycles. The lowest BCUT2D eigenvalue weighted by atomic mass is 9.78. The molecule has 0 radical (unpaired) electrons. The van der Waals surface area contributed by atoms with E-state index in [-0.39, 0.29) is 30.3 Å². The third-order valence-electron chi connectivity index (χ3n) is 8.69. The Kier molecular flexibility index (Phi) is 7.09. The van der Waals surface area contributed by atoms with Crippen molar-refractivity contribution in [1.29, 1.82) is 0 Å². The van der Waals surface area contributed by atoms with E-state index in [0.29, 0.717) is 19.4 Å². The van der Waals surface area contributed by atoms with Crippen LogP contribution < -0.4 is 4.90 Å². The molecule has 2 aromatic rings. The van der Waals surface area contributed by atoms with Gasteiger partial charge in [-0.3, -0.25) is 14.4 Å². The van der Waals surface area contributed by atoms with E-state index in [1.165, 1.54) is 11.8 Å². The molecule has 6 atom stereocenters. The molecule has 4 heterocycles. The number of carbonyl (C=O) groups excluding carboxylic acids is 3. The molecule has 4 aliphatic rings. The van der Waals surface area contributed by atoms with Gasteiger partial charge in [0.05, 0.1) is 35.8 Å². The van der Waals surface area contributed by atoms with Crippen molar-refractivity contribution in [2.24, 2.45) is 11.8 Å². The van der Waals surface area contributed by atoms with Gasteiger partial charge in [-0.05, 0) is 43.4 Å². The number of hydrogen-bond acceptors (Lipinski definition) is 6. The van der Waals surface area contributed by atoms with Gasteiger partial charge in [0.15, 0.2) is 0 Å². The van der Waals surface area contributed by atoms with Crippen molar-refractivity contribution in [3.63, 3.8) is 0 Å². The molecule has 1 spiro atoms. The number of thioether (sulfide) groups is 1. The second kappa shape index (κ2) is 10.6. The highest BCUT2D eigenvalue weighted by molar-refractivity contribution is 8.02. The number of cyclic esters (lactones) is 1. The summed E-state index contributed by atoms with van der Waals surface area (Å²) in [5.74, 6) is -2.33. The van der Waals surface area contributed by atoms with Crippen molar-refractivity contribution in [3.8, 4) is 0 Å². The van der Waals surface area contributed by atoms with Crippen LogP contribution in [0.25, 0.3) is 0 Å². The molecule has 1 unspecified atom stereocenters. The molecule has 0 aliphatic carbocycles. The van der Waals surface area contributed by atoms with Crippen molar-refractivity contribution < 1.29 is 24.2 Å². The van der Waals surface area contributed by atoms with E-state index in [4.69, 9.17) is 4.74 Å². The molecule has 2 aromatic carbocycles. The standard InChI is InChI=1S/C32H34N2O5S/c1-20-10-8-11-21(2)27(20)33-16-9-15-32-26(25-24(40-32)14-6-7-17-39-31(25)38)29(36)34(28(32)30(33)37)23(19-35)18-22-12-4-3-5-13-22/h3-6,8-15,23-26,28,35H,7,16-19H2,1-2H3/t23-,24+,25-,26+,28?,32+/m1/s1. The topological polar surface area (TPSA) is 87.2 Å². The Labute approximate surface area is 238 Å². The molecular formula is C32H34N2O5S. The lowest BCUT2D eigenvalue weighted by Crippen LogP contribution is -2.57. The fourth-order valence-electron chi connectivity index (χ4n) is 7.01. The fraction of sp³-hybridized carbons (Fsp3) is 0.406. The van der Waals surface area contributed by atoms with Crippen molar-refractivity contribution >= 4 is 35.2 Å².